The third-order valence-electron chi connectivity index (χ3n) is 3.41. The molecule has 1 saturated heterocycles. The Bertz CT molecular complexity index is 461. The quantitative estimate of drug-likeness (QED) is 0.757. The van der Waals surface area contributed by atoms with Crippen LogP contribution in [-0.4, -0.2) is 46.2 Å². The van der Waals surface area contributed by atoms with Gasteiger partial charge < -0.3 is 15.2 Å². The average Bonchev–Trinajstić information content (AvgIpc) is 2.83. The Labute approximate surface area is 112 Å². The molecule has 2 heterocycles. The maximum atomic E-state index is 11.9. The van der Waals surface area contributed by atoms with Gasteiger partial charge in [-0.15, -0.1) is 0 Å². The van der Waals surface area contributed by atoms with Gasteiger partial charge in [-0.2, -0.15) is 5.10 Å². The zero-order valence-corrected chi connectivity index (χ0v) is 11.0. The standard InChI is InChI=1S/C13H19N3O3/c1-16-11(4-7-14-16)2-3-12(18)15-13(10-17)5-8-19-9-6-13/h2-4,7,17H,5-6,8-10H2,1H3,(H,15,18)/b3-2+. The highest BCUT2D eigenvalue weighted by Gasteiger charge is 2.32. The van der Waals surface area contributed by atoms with E-state index >= 15 is 0 Å². The molecule has 0 aromatic carbocycles. The van der Waals surface area contributed by atoms with Crippen LogP contribution in [0.15, 0.2) is 18.3 Å². The van der Waals surface area contributed by atoms with Crippen LogP contribution in [0.2, 0.25) is 0 Å². The molecule has 6 heteroatoms. The molecular weight excluding hydrogens is 246 g/mol. The highest BCUT2D eigenvalue weighted by molar-refractivity contribution is 5.92. The number of hydrogen-bond donors (Lipinski definition) is 2. The number of carbonyl (C=O) groups excluding carboxylic acids is 1. The van der Waals surface area contributed by atoms with Crippen molar-refractivity contribution in [3.63, 3.8) is 0 Å². The molecule has 1 fully saturated rings. The van der Waals surface area contributed by atoms with Crippen LogP contribution in [-0.2, 0) is 16.6 Å². The Balaban J connectivity index is 1.96. The summed E-state index contributed by atoms with van der Waals surface area (Å²) in [5.41, 5.74) is 0.298. The van der Waals surface area contributed by atoms with Crippen molar-refractivity contribution in [1.29, 1.82) is 0 Å². The fraction of sp³-hybridized carbons (Fsp3) is 0.538. The number of aryl methyl sites for hydroxylation is 1. The van der Waals surface area contributed by atoms with E-state index in [4.69, 9.17) is 4.74 Å². The van der Waals surface area contributed by atoms with E-state index in [9.17, 15) is 9.90 Å². The molecule has 0 spiro atoms. The van der Waals surface area contributed by atoms with Crippen LogP contribution < -0.4 is 5.32 Å². The van der Waals surface area contributed by atoms with Gasteiger partial charge in [0.15, 0.2) is 0 Å². The molecule has 2 N–H and O–H groups in total. The number of nitrogens with one attached hydrogen (secondary N) is 1. The first-order valence-electron chi connectivity index (χ1n) is 6.32. The Hall–Kier alpha value is -1.66. The molecule has 19 heavy (non-hydrogen) atoms. The van der Waals surface area contributed by atoms with Crippen LogP contribution in [0.3, 0.4) is 0 Å². The number of ether oxygens (including phenoxy) is 1. The Morgan fingerprint density at radius 1 is 1.63 bits per heavy atom. The zero-order chi connectivity index (χ0) is 13.7. The largest absolute Gasteiger partial charge is 0.394 e. The van der Waals surface area contributed by atoms with Gasteiger partial charge >= 0.3 is 0 Å². The van der Waals surface area contributed by atoms with E-state index in [1.165, 1.54) is 6.08 Å². The normalized spacial score (nSPS) is 18.6. The molecule has 0 atom stereocenters. The second kappa shape index (κ2) is 5.99. The van der Waals surface area contributed by atoms with Crippen molar-refractivity contribution in [1.82, 2.24) is 15.1 Å². The summed E-state index contributed by atoms with van der Waals surface area (Å²) >= 11 is 0. The van der Waals surface area contributed by atoms with Crippen molar-refractivity contribution in [2.45, 2.75) is 18.4 Å². The summed E-state index contributed by atoms with van der Waals surface area (Å²) in [6.45, 7) is 1.06. The van der Waals surface area contributed by atoms with Gasteiger partial charge in [0.25, 0.3) is 0 Å². The number of aliphatic hydroxyl groups excluding tert-OH is 1. The summed E-state index contributed by atoms with van der Waals surface area (Å²) < 4.78 is 6.93. The van der Waals surface area contributed by atoms with Gasteiger partial charge in [0, 0.05) is 32.5 Å². The summed E-state index contributed by atoms with van der Waals surface area (Å²) in [6, 6.07) is 1.82. The van der Waals surface area contributed by atoms with Gasteiger partial charge in [-0.05, 0) is 25.0 Å². The fourth-order valence-corrected chi connectivity index (χ4v) is 2.10. The van der Waals surface area contributed by atoms with Crippen molar-refractivity contribution < 1.29 is 14.6 Å². The molecule has 1 aliphatic heterocycles. The summed E-state index contributed by atoms with van der Waals surface area (Å²) in [4.78, 5) is 11.9. The van der Waals surface area contributed by atoms with Crippen LogP contribution in [0.5, 0.6) is 0 Å². The lowest BCUT2D eigenvalue weighted by atomic mass is 9.91. The minimum Gasteiger partial charge on any atom is -0.394 e. The fourth-order valence-electron chi connectivity index (χ4n) is 2.10. The van der Waals surface area contributed by atoms with Crippen molar-refractivity contribution in [2.24, 2.45) is 7.05 Å². The van der Waals surface area contributed by atoms with E-state index in [-0.39, 0.29) is 12.5 Å². The summed E-state index contributed by atoms with van der Waals surface area (Å²) in [5.74, 6) is -0.211. The van der Waals surface area contributed by atoms with Gasteiger partial charge in [0.1, 0.15) is 0 Å². The first kappa shape index (κ1) is 13.8. The molecule has 0 radical (unpaired) electrons. The van der Waals surface area contributed by atoms with Crippen molar-refractivity contribution in [2.75, 3.05) is 19.8 Å². The summed E-state index contributed by atoms with van der Waals surface area (Å²) in [6.07, 6.45) is 6.10. The third kappa shape index (κ3) is 3.42. The maximum absolute atomic E-state index is 11.9. The van der Waals surface area contributed by atoms with Gasteiger partial charge in [-0.3, -0.25) is 9.48 Å². The topological polar surface area (TPSA) is 76.4 Å². The predicted octanol–water partition coefficient (Wildman–Crippen LogP) is 0.0910. The first-order chi connectivity index (χ1) is 9.15. The molecule has 0 aliphatic carbocycles. The van der Waals surface area contributed by atoms with E-state index in [1.807, 2.05) is 13.1 Å². The Morgan fingerprint density at radius 2 is 2.37 bits per heavy atom. The number of aromatic nitrogens is 2. The molecule has 1 aromatic heterocycles. The van der Waals surface area contributed by atoms with E-state index < -0.39 is 5.54 Å². The molecule has 1 aliphatic rings. The molecule has 2 rings (SSSR count). The predicted molar refractivity (Wildman–Crippen MR) is 70.3 cm³/mol. The average molecular weight is 265 g/mol. The molecular formula is C13H19N3O3. The lowest BCUT2D eigenvalue weighted by molar-refractivity contribution is -0.120. The van der Waals surface area contributed by atoms with Crippen LogP contribution >= 0.6 is 0 Å². The molecule has 104 valence electrons. The van der Waals surface area contributed by atoms with E-state index in [0.29, 0.717) is 26.1 Å². The van der Waals surface area contributed by atoms with Gasteiger partial charge in [0.2, 0.25) is 5.91 Å². The lowest BCUT2D eigenvalue weighted by Gasteiger charge is -2.35. The third-order valence-corrected chi connectivity index (χ3v) is 3.41. The second-order valence-corrected chi connectivity index (χ2v) is 4.75. The maximum Gasteiger partial charge on any atom is 0.244 e. The molecule has 1 aromatic rings. The number of nitrogens with zero attached hydrogens (tertiary/aromatic N) is 2. The number of hydrogen-bond acceptors (Lipinski definition) is 4. The van der Waals surface area contributed by atoms with Crippen LogP contribution in [0.4, 0.5) is 0 Å². The highest BCUT2D eigenvalue weighted by Crippen LogP contribution is 2.19. The monoisotopic (exact) mass is 265 g/mol. The molecule has 6 nitrogen and oxygen atoms in total. The van der Waals surface area contributed by atoms with Crippen LogP contribution in [0.25, 0.3) is 6.08 Å². The Morgan fingerprint density at radius 3 is 2.95 bits per heavy atom. The number of carbonyl (C=O) groups is 1. The summed E-state index contributed by atoms with van der Waals surface area (Å²) in [7, 11) is 1.81. The number of rotatable bonds is 4. The minimum atomic E-state index is -0.549. The highest BCUT2D eigenvalue weighted by atomic mass is 16.5. The number of amides is 1. The van der Waals surface area contributed by atoms with Crippen molar-refractivity contribution >= 4 is 12.0 Å². The molecule has 1 amide bonds. The van der Waals surface area contributed by atoms with Crippen LogP contribution in [0.1, 0.15) is 18.5 Å². The smallest absolute Gasteiger partial charge is 0.244 e. The summed E-state index contributed by atoms with van der Waals surface area (Å²) in [5, 5.41) is 16.4. The van der Waals surface area contributed by atoms with E-state index in [1.54, 1.807) is 17.0 Å². The van der Waals surface area contributed by atoms with E-state index in [2.05, 4.69) is 10.4 Å². The Kier molecular flexibility index (Phi) is 4.34. The minimum absolute atomic E-state index is 0.0678. The van der Waals surface area contributed by atoms with Crippen LogP contribution in [0, 0.1) is 0 Å². The second-order valence-electron chi connectivity index (χ2n) is 4.75. The zero-order valence-electron chi connectivity index (χ0n) is 11.0. The molecule has 0 bridgehead atoms. The number of aliphatic hydroxyl groups is 1. The van der Waals surface area contributed by atoms with Gasteiger partial charge in [0.05, 0.1) is 17.8 Å². The lowest BCUT2D eigenvalue weighted by Crippen LogP contribution is -2.54. The SMILES string of the molecule is Cn1nccc1/C=C/C(=O)NC1(CO)CCOCC1. The molecule has 0 unspecified atom stereocenters. The van der Waals surface area contributed by atoms with Gasteiger partial charge in [-0.1, -0.05) is 0 Å². The van der Waals surface area contributed by atoms with Gasteiger partial charge in [-0.25, -0.2) is 0 Å². The van der Waals surface area contributed by atoms with Crippen molar-refractivity contribution in [3.05, 3.63) is 24.0 Å². The molecule has 0 saturated carbocycles. The van der Waals surface area contributed by atoms with E-state index in [0.717, 1.165) is 5.69 Å². The van der Waals surface area contributed by atoms with Crippen molar-refractivity contribution in [3.8, 4) is 0 Å². The first-order valence-corrected chi connectivity index (χ1v) is 6.32.